The lowest BCUT2D eigenvalue weighted by molar-refractivity contribution is -0.144. The van der Waals surface area contributed by atoms with E-state index in [1.807, 2.05) is 6.92 Å². The maximum atomic E-state index is 14.3. The van der Waals surface area contributed by atoms with Crippen molar-refractivity contribution in [3.63, 3.8) is 0 Å². The van der Waals surface area contributed by atoms with Crippen LogP contribution in [-0.2, 0) is 27.3 Å². The average molecular weight is 853 g/mol. The molecular weight excluding hydrogens is 820 g/mol. The molecule has 0 fully saturated rings. The first-order valence-electron chi connectivity index (χ1n) is 14.1. The molecule has 0 aliphatic carbocycles. The summed E-state index contributed by atoms with van der Waals surface area (Å²) in [6, 6.07) is 3.94. The van der Waals surface area contributed by atoms with Crippen LogP contribution in [0.15, 0.2) is 16.6 Å². The zero-order valence-corrected chi connectivity index (χ0v) is 31.6. The molecule has 24 heteroatoms. The Kier molecular flexibility index (Phi) is 17.1. The van der Waals surface area contributed by atoms with Gasteiger partial charge < -0.3 is 30.3 Å². The molecule has 0 aliphatic rings. The number of hydrogen-bond acceptors (Lipinski definition) is 12. The van der Waals surface area contributed by atoms with Crippen LogP contribution in [0.25, 0.3) is 11.3 Å². The van der Waals surface area contributed by atoms with E-state index < -0.39 is 66.2 Å². The van der Waals surface area contributed by atoms with Crippen molar-refractivity contribution in [1.82, 2.24) is 30.0 Å². The average Bonchev–Trinajstić information content (AvgIpc) is 3.25. The second kappa shape index (κ2) is 19.3. The highest BCUT2D eigenvalue weighted by Gasteiger charge is 2.39. The van der Waals surface area contributed by atoms with Crippen LogP contribution in [0.4, 0.5) is 29.5 Å². The third-order valence-electron chi connectivity index (χ3n) is 5.37. The molecule has 2 aromatic heterocycles. The molecule has 16 nitrogen and oxygen atoms in total. The number of carbonyl (C=O) groups is 2. The second-order valence-corrected chi connectivity index (χ2v) is 13.9. The number of benzene rings is 1. The minimum Gasteiger partial charge on any atom is -0.480 e. The van der Waals surface area contributed by atoms with Gasteiger partial charge in [0.1, 0.15) is 17.1 Å². The number of carboxylic acids is 1. The highest BCUT2D eigenvalue weighted by atomic mass is 79.9. The number of aromatic nitrogens is 5. The molecule has 0 bridgehead atoms. The standard InChI is InChI=1S/C15H12BrClF4N2O2.C9H13ClN6.C3H8NO5P/c1-6(2)25-14(24)7-4-8(10(18)5-9(7)17)12-11(16)13(15(19,20)21)23(3)22-12;1-4-12-7-13-6(10)14-8(15-7)16-9(2,3)5-11;5-3(6)1-4-2-10(7,8)9/h4-6H,1-3H3;4H2,1-3H3,(H2,12,13,14,15,16);4H,1-2H2,(H,5,6)(H2,7,8,9). The van der Waals surface area contributed by atoms with Crippen molar-refractivity contribution >= 4 is 70.6 Å². The molecule has 2 heterocycles. The summed E-state index contributed by atoms with van der Waals surface area (Å²) in [6.45, 7) is 8.83. The number of aryl methyl sites for hydroxylation is 1. The first-order valence-corrected chi connectivity index (χ1v) is 17.5. The van der Waals surface area contributed by atoms with E-state index in [0.717, 1.165) is 19.2 Å². The number of nitriles is 1. The third-order valence-corrected chi connectivity index (χ3v) is 7.24. The number of rotatable bonds is 11. The molecule has 6 N–H and O–H groups in total. The largest absolute Gasteiger partial charge is 0.480 e. The molecule has 0 unspecified atom stereocenters. The van der Waals surface area contributed by atoms with Gasteiger partial charge in [0, 0.05) is 19.2 Å². The van der Waals surface area contributed by atoms with E-state index >= 15 is 0 Å². The second-order valence-electron chi connectivity index (χ2n) is 10.7. The van der Waals surface area contributed by atoms with Crippen LogP contribution in [0.3, 0.4) is 0 Å². The fourth-order valence-electron chi connectivity index (χ4n) is 3.40. The van der Waals surface area contributed by atoms with Gasteiger partial charge in [0.15, 0.2) is 5.69 Å². The van der Waals surface area contributed by atoms with Gasteiger partial charge in [-0.05, 0) is 74.3 Å². The zero-order valence-electron chi connectivity index (χ0n) is 27.6. The van der Waals surface area contributed by atoms with Crippen molar-refractivity contribution in [3.8, 4) is 17.3 Å². The number of carbonyl (C=O) groups excluding carboxylic acids is 1. The van der Waals surface area contributed by atoms with Crippen molar-refractivity contribution in [2.75, 3.05) is 30.0 Å². The van der Waals surface area contributed by atoms with Crippen LogP contribution in [0.1, 0.15) is 50.7 Å². The SMILES string of the molecule is CC(C)OC(=O)c1cc(-c2nn(C)c(C(F)(F)F)c2Br)c(F)cc1Cl.CCNc1nc(Cl)nc(NC(C)(C)C#N)n1.O=C(O)CNCP(=O)(O)O. The Morgan fingerprint density at radius 1 is 1.16 bits per heavy atom. The van der Waals surface area contributed by atoms with Crippen LogP contribution in [0.5, 0.6) is 0 Å². The van der Waals surface area contributed by atoms with Crippen molar-refractivity contribution in [1.29, 1.82) is 5.26 Å². The Morgan fingerprint density at radius 3 is 2.22 bits per heavy atom. The molecule has 3 aromatic rings. The number of nitrogens with one attached hydrogen (secondary N) is 3. The molecule has 0 amide bonds. The number of halogens is 7. The van der Waals surface area contributed by atoms with Gasteiger partial charge in [0.25, 0.3) is 0 Å². The highest BCUT2D eigenvalue weighted by Crippen LogP contribution is 2.41. The topological polar surface area (TPSA) is 237 Å². The monoisotopic (exact) mass is 851 g/mol. The van der Waals surface area contributed by atoms with Crippen molar-refractivity contribution in [2.45, 2.75) is 52.4 Å². The van der Waals surface area contributed by atoms with Gasteiger partial charge in [-0.2, -0.15) is 38.5 Å². The number of hydrogen-bond donors (Lipinski definition) is 6. The van der Waals surface area contributed by atoms with Gasteiger partial charge in [0.2, 0.25) is 17.2 Å². The third kappa shape index (κ3) is 15.6. The van der Waals surface area contributed by atoms with Gasteiger partial charge in [-0.3, -0.25) is 19.4 Å². The number of anilines is 2. The lowest BCUT2D eigenvalue weighted by atomic mass is 10.1. The minimum atomic E-state index is -4.69. The summed E-state index contributed by atoms with van der Waals surface area (Å²) in [5, 5.41) is 28.3. The molecule has 0 spiro atoms. The lowest BCUT2D eigenvalue weighted by Gasteiger charge is -2.17. The van der Waals surface area contributed by atoms with Gasteiger partial charge >= 0.3 is 25.7 Å². The molecule has 0 saturated heterocycles. The smallest absolute Gasteiger partial charge is 0.434 e. The summed E-state index contributed by atoms with van der Waals surface area (Å²) in [5.74, 6) is -2.21. The number of esters is 1. The quantitative estimate of drug-likeness (QED) is 0.0772. The van der Waals surface area contributed by atoms with Crippen LogP contribution in [-0.4, -0.2) is 82.6 Å². The van der Waals surface area contributed by atoms with Gasteiger partial charge in [0.05, 0.1) is 40.1 Å². The summed E-state index contributed by atoms with van der Waals surface area (Å²) < 4.78 is 68.7. The molecule has 0 atom stereocenters. The van der Waals surface area contributed by atoms with Gasteiger partial charge in [-0.25, -0.2) is 9.18 Å². The summed E-state index contributed by atoms with van der Waals surface area (Å²) >= 11 is 14.4. The van der Waals surface area contributed by atoms with E-state index in [-0.39, 0.29) is 33.1 Å². The number of carboxylic acid groups (broad SMARTS) is 1. The molecular formula is C27H33BrCl2F4N9O7P. The zero-order chi connectivity index (χ0) is 39.5. The summed E-state index contributed by atoms with van der Waals surface area (Å²) in [4.78, 5) is 50.0. The summed E-state index contributed by atoms with van der Waals surface area (Å²) in [5.41, 5.74) is -2.62. The van der Waals surface area contributed by atoms with Crippen molar-refractivity contribution in [3.05, 3.63) is 44.0 Å². The minimum absolute atomic E-state index is 0.0854. The van der Waals surface area contributed by atoms with E-state index in [0.29, 0.717) is 17.2 Å². The fourth-order valence-corrected chi connectivity index (χ4v) is 4.97. The Morgan fingerprint density at radius 2 is 1.75 bits per heavy atom. The van der Waals surface area contributed by atoms with E-state index in [1.165, 1.54) is 0 Å². The molecule has 1 aromatic carbocycles. The van der Waals surface area contributed by atoms with Gasteiger partial charge in [-0.15, -0.1) is 0 Å². The van der Waals surface area contributed by atoms with Crippen molar-refractivity contribution in [2.24, 2.45) is 7.05 Å². The molecule has 0 aliphatic heterocycles. The Hall–Kier alpha value is -3.64. The Bertz CT molecular complexity index is 1790. The summed E-state index contributed by atoms with van der Waals surface area (Å²) in [7, 11) is -3.01. The molecule has 3 rings (SSSR count). The van der Waals surface area contributed by atoms with Crippen molar-refractivity contribution < 1.29 is 51.3 Å². The van der Waals surface area contributed by atoms with E-state index in [9.17, 15) is 31.7 Å². The maximum absolute atomic E-state index is 14.3. The maximum Gasteiger partial charge on any atom is 0.434 e. The summed E-state index contributed by atoms with van der Waals surface area (Å²) in [6.07, 6.45) is -5.74. The number of nitrogens with zero attached hydrogens (tertiary/aromatic N) is 6. The molecule has 0 saturated carbocycles. The predicted molar refractivity (Wildman–Crippen MR) is 182 cm³/mol. The highest BCUT2D eigenvalue weighted by molar-refractivity contribution is 9.10. The predicted octanol–water partition coefficient (Wildman–Crippen LogP) is 5.69. The van der Waals surface area contributed by atoms with E-state index in [1.54, 1.807) is 27.7 Å². The molecule has 0 radical (unpaired) electrons. The first-order chi connectivity index (χ1) is 23.3. The number of aliphatic carboxylic acids is 1. The molecule has 282 valence electrons. The van der Waals surface area contributed by atoms with Crippen LogP contribution < -0.4 is 16.0 Å². The number of ether oxygens (including phenoxy) is 1. The van der Waals surface area contributed by atoms with E-state index in [2.05, 4.69) is 58.0 Å². The Balaban J connectivity index is 0.000000428. The van der Waals surface area contributed by atoms with Gasteiger partial charge in [-0.1, -0.05) is 11.6 Å². The van der Waals surface area contributed by atoms with Crippen LogP contribution in [0, 0.1) is 17.1 Å². The number of alkyl halides is 3. The Labute approximate surface area is 307 Å². The normalized spacial score (nSPS) is 11.4. The van der Waals surface area contributed by atoms with E-state index in [4.69, 9.17) is 48.1 Å². The van der Waals surface area contributed by atoms with Crippen LogP contribution in [0.2, 0.25) is 10.3 Å². The fraction of sp³-hybridized carbons (Fsp3) is 0.444. The molecule has 51 heavy (non-hydrogen) atoms. The lowest BCUT2D eigenvalue weighted by Crippen LogP contribution is -2.29. The first kappa shape index (κ1) is 45.4. The van der Waals surface area contributed by atoms with Crippen LogP contribution >= 0.6 is 46.7 Å².